The smallest absolute Gasteiger partial charge is 0.248 e. The molecule has 0 aliphatic carbocycles. The van der Waals surface area contributed by atoms with Crippen LogP contribution in [0.4, 0.5) is 5.69 Å². The largest absolute Gasteiger partial charge is 0.323 e. The number of para-hydroxylation sites is 1. The van der Waals surface area contributed by atoms with Crippen LogP contribution < -0.4 is 5.32 Å². The van der Waals surface area contributed by atoms with Crippen LogP contribution in [-0.4, -0.2) is 15.9 Å². The van der Waals surface area contributed by atoms with Crippen LogP contribution in [0.1, 0.15) is 10.6 Å². The lowest BCUT2D eigenvalue weighted by molar-refractivity contribution is -0.111. The number of anilines is 1. The topological polar surface area (TPSA) is 54.9 Å². The Balaban J connectivity index is 1.37. The van der Waals surface area contributed by atoms with Crippen molar-refractivity contribution in [1.82, 2.24) is 9.97 Å². The van der Waals surface area contributed by atoms with Crippen LogP contribution in [0.25, 0.3) is 16.3 Å². The van der Waals surface area contributed by atoms with Crippen LogP contribution in [0.5, 0.6) is 0 Å². The molecule has 138 valence electrons. The molecule has 0 fully saturated rings. The summed E-state index contributed by atoms with van der Waals surface area (Å²) in [5, 5.41) is 4.71. The van der Waals surface area contributed by atoms with Gasteiger partial charge in [-0.2, -0.15) is 0 Å². The zero-order chi connectivity index (χ0) is 19.2. The summed E-state index contributed by atoms with van der Waals surface area (Å²) in [6.45, 7) is 0. The summed E-state index contributed by atoms with van der Waals surface area (Å²) in [6, 6.07) is 21.7. The summed E-state index contributed by atoms with van der Waals surface area (Å²) >= 11 is 3.23. The van der Waals surface area contributed by atoms with E-state index in [1.807, 2.05) is 66.7 Å². The third kappa shape index (κ3) is 4.85. The van der Waals surface area contributed by atoms with E-state index in [1.165, 1.54) is 6.08 Å². The van der Waals surface area contributed by atoms with Crippen LogP contribution in [0, 0.1) is 0 Å². The molecule has 2 aromatic heterocycles. The molecule has 0 radical (unpaired) electrons. The van der Waals surface area contributed by atoms with Crippen LogP contribution >= 0.6 is 23.1 Å². The summed E-state index contributed by atoms with van der Waals surface area (Å²) in [5.41, 5.74) is 2.85. The Morgan fingerprint density at radius 1 is 1.07 bits per heavy atom. The maximum Gasteiger partial charge on any atom is 0.248 e. The summed E-state index contributed by atoms with van der Waals surface area (Å²) < 4.78 is 1.11. The van der Waals surface area contributed by atoms with Gasteiger partial charge in [0.2, 0.25) is 5.91 Å². The molecule has 1 amide bonds. The van der Waals surface area contributed by atoms with Crippen LogP contribution in [0.15, 0.2) is 84.0 Å². The van der Waals surface area contributed by atoms with Crippen molar-refractivity contribution < 1.29 is 4.79 Å². The quantitative estimate of drug-likeness (QED) is 0.335. The molecule has 4 nitrogen and oxygen atoms in total. The number of thiazole rings is 1. The normalized spacial score (nSPS) is 11.1. The van der Waals surface area contributed by atoms with Gasteiger partial charge in [-0.25, -0.2) is 9.97 Å². The Bertz CT molecular complexity index is 1090. The zero-order valence-electron chi connectivity index (χ0n) is 14.9. The number of carbonyl (C=O) groups is 1. The van der Waals surface area contributed by atoms with E-state index in [1.54, 1.807) is 35.4 Å². The number of nitrogens with one attached hydrogen (secondary N) is 1. The van der Waals surface area contributed by atoms with Crippen LogP contribution in [0.3, 0.4) is 0 Å². The number of carbonyl (C=O) groups excluding carboxylic acids is 1. The Hall–Kier alpha value is -2.96. The van der Waals surface area contributed by atoms with Crippen molar-refractivity contribution in [3.05, 3.63) is 89.6 Å². The van der Waals surface area contributed by atoms with Gasteiger partial charge in [-0.15, -0.1) is 23.1 Å². The first-order valence-electron chi connectivity index (χ1n) is 8.74. The van der Waals surface area contributed by atoms with Crippen molar-refractivity contribution >= 4 is 51.0 Å². The number of aromatic nitrogens is 2. The molecule has 2 heterocycles. The maximum atomic E-state index is 12.3. The predicted molar refractivity (Wildman–Crippen MR) is 118 cm³/mol. The minimum absolute atomic E-state index is 0.172. The highest BCUT2D eigenvalue weighted by atomic mass is 32.2. The molecule has 0 bridgehead atoms. The molecule has 0 atom stereocenters. The lowest BCUT2D eigenvalue weighted by atomic mass is 10.2. The molecule has 2 aromatic carbocycles. The van der Waals surface area contributed by atoms with Crippen LogP contribution in [-0.2, 0) is 10.5 Å². The van der Waals surface area contributed by atoms with Crippen molar-refractivity contribution in [3.63, 3.8) is 0 Å². The Kier molecular flexibility index (Phi) is 5.80. The second-order valence-electron chi connectivity index (χ2n) is 6.00. The van der Waals surface area contributed by atoms with Crippen molar-refractivity contribution in [2.45, 2.75) is 10.8 Å². The Morgan fingerprint density at radius 3 is 2.82 bits per heavy atom. The first-order chi connectivity index (χ1) is 13.8. The average molecular weight is 404 g/mol. The van der Waals surface area contributed by atoms with Crippen molar-refractivity contribution in [2.75, 3.05) is 5.32 Å². The maximum absolute atomic E-state index is 12.3. The summed E-state index contributed by atoms with van der Waals surface area (Å²) in [7, 11) is 0. The molecule has 1 N–H and O–H groups in total. The van der Waals surface area contributed by atoms with E-state index in [9.17, 15) is 4.79 Å². The highest BCUT2D eigenvalue weighted by Gasteiger charge is 2.03. The SMILES string of the molecule is O=C(/C=C/c1nc2ccccc2s1)Nc1cccc(CSc2ccccn2)c1. The average Bonchev–Trinajstić information content (AvgIpc) is 3.15. The van der Waals surface area contributed by atoms with Gasteiger partial charge >= 0.3 is 0 Å². The Morgan fingerprint density at radius 2 is 1.96 bits per heavy atom. The number of amides is 1. The number of pyridine rings is 1. The fourth-order valence-electron chi connectivity index (χ4n) is 2.62. The molecule has 4 rings (SSSR count). The highest BCUT2D eigenvalue weighted by Crippen LogP contribution is 2.23. The van der Waals surface area contributed by atoms with Gasteiger partial charge in [0.25, 0.3) is 0 Å². The van der Waals surface area contributed by atoms with Gasteiger partial charge in [-0.1, -0.05) is 30.3 Å². The number of benzene rings is 2. The van der Waals surface area contributed by atoms with E-state index in [2.05, 4.69) is 15.3 Å². The second-order valence-corrected chi connectivity index (χ2v) is 8.06. The van der Waals surface area contributed by atoms with Gasteiger partial charge in [0.05, 0.1) is 15.2 Å². The number of rotatable bonds is 6. The van der Waals surface area contributed by atoms with E-state index in [-0.39, 0.29) is 5.91 Å². The van der Waals surface area contributed by atoms with E-state index < -0.39 is 0 Å². The van der Waals surface area contributed by atoms with Crippen LogP contribution in [0.2, 0.25) is 0 Å². The summed E-state index contributed by atoms with van der Waals surface area (Å²) in [4.78, 5) is 21.1. The number of nitrogens with zero attached hydrogens (tertiary/aromatic N) is 2. The molecular weight excluding hydrogens is 386 g/mol. The number of thioether (sulfide) groups is 1. The van der Waals surface area contributed by atoms with E-state index >= 15 is 0 Å². The lowest BCUT2D eigenvalue weighted by Gasteiger charge is -2.05. The fourth-order valence-corrected chi connectivity index (χ4v) is 4.30. The van der Waals surface area contributed by atoms with Crippen molar-refractivity contribution in [2.24, 2.45) is 0 Å². The molecule has 0 unspecified atom stereocenters. The molecule has 0 aliphatic heterocycles. The summed E-state index contributed by atoms with van der Waals surface area (Å²) in [6.07, 6.45) is 5.06. The molecule has 6 heteroatoms. The molecule has 4 aromatic rings. The number of hydrogen-bond acceptors (Lipinski definition) is 5. The molecule has 0 saturated heterocycles. The minimum atomic E-state index is -0.172. The van der Waals surface area contributed by atoms with Gasteiger partial charge < -0.3 is 5.32 Å². The standard InChI is InChI=1S/C22H17N3OS2/c26-20(11-12-22-25-18-8-1-2-9-19(18)28-22)24-17-7-5-6-16(14-17)15-27-21-10-3-4-13-23-21/h1-14H,15H2,(H,24,26)/b12-11+. The third-order valence-corrected chi connectivity index (χ3v) is 5.92. The number of fused-ring (bicyclic) bond motifs is 1. The van der Waals surface area contributed by atoms with Crippen molar-refractivity contribution in [3.8, 4) is 0 Å². The number of hydrogen-bond donors (Lipinski definition) is 1. The lowest BCUT2D eigenvalue weighted by Crippen LogP contribution is -2.07. The zero-order valence-corrected chi connectivity index (χ0v) is 16.5. The predicted octanol–water partition coefficient (Wildman–Crippen LogP) is 5.64. The van der Waals surface area contributed by atoms with E-state index in [0.717, 1.165) is 37.3 Å². The van der Waals surface area contributed by atoms with Gasteiger partial charge in [-0.05, 0) is 48.0 Å². The Labute approximate surface area is 171 Å². The van der Waals surface area contributed by atoms with E-state index in [4.69, 9.17) is 0 Å². The minimum Gasteiger partial charge on any atom is -0.323 e. The molecule has 28 heavy (non-hydrogen) atoms. The second kappa shape index (κ2) is 8.82. The fraction of sp³-hybridized carbons (Fsp3) is 0.0455. The first kappa shape index (κ1) is 18.4. The molecule has 0 spiro atoms. The first-order valence-corrected chi connectivity index (χ1v) is 10.5. The van der Waals surface area contributed by atoms with Gasteiger partial charge in [0.15, 0.2) is 0 Å². The van der Waals surface area contributed by atoms with Gasteiger partial charge in [-0.3, -0.25) is 4.79 Å². The molecule has 0 aliphatic rings. The summed E-state index contributed by atoms with van der Waals surface area (Å²) in [5.74, 6) is 0.621. The molecular formula is C22H17N3OS2. The highest BCUT2D eigenvalue weighted by molar-refractivity contribution is 7.98. The van der Waals surface area contributed by atoms with Gasteiger partial charge in [0, 0.05) is 23.7 Å². The van der Waals surface area contributed by atoms with Gasteiger partial charge in [0.1, 0.15) is 5.01 Å². The monoisotopic (exact) mass is 403 g/mol. The third-order valence-electron chi connectivity index (χ3n) is 3.91. The van der Waals surface area contributed by atoms with E-state index in [0.29, 0.717) is 0 Å². The molecule has 0 saturated carbocycles. The van der Waals surface area contributed by atoms with Crippen molar-refractivity contribution in [1.29, 1.82) is 0 Å².